The average Bonchev–Trinajstić information content (AvgIpc) is 0.787. The summed E-state index contributed by atoms with van der Waals surface area (Å²) in [6, 6.07) is 0. The van der Waals surface area contributed by atoms with Gasteiger partial charge >= 0.3 is 0 Å². The first-order chi connectivity index (χ1) is 46.0. The lowest BCUT2D eigenvalue weighted by Gasteiger charge is -2.51. The van der Waals surface area contributed by atoms with Crippen LogP contribution < -0.4 is 0 Å². The fraction of sp³-hybridized carbons (Fsp3) is 1.00. The molecule has 1 unspecified atom stereocenters. The summed E-state index contributed by atoms with van der Waals surface area (Å²) in [6.45, 7) is -6.80. The predicted octanol–water partition coefficient (Wildman–Crippen LogP) is -13.9. The SMILES string of the molecule is CO[C@@H]1[C@H](O)[C@@H](O[C@H]2[C@H](OC)[C@H](O)[C@@H](O[C@H]3[C@H](OC)[C@H](O)[C@@H](O[C@H]4[C@H](OC)[C@H](O)[C@@H](O[C@H]5[C@H](OC)[C@H](O)[C@@H](O[C@H]6[C@H](OC)[C@H](O)[C@@H](O[C@H]7[C@H](OC)[C@H](O)C(O)O[C@@H]7CO)O[C@@H]6CO)O[C@@H]5CO)O[C@@H]4CO)O[C@@H]3CO)O[C@@H]2CO)O[C@H](CO)[C@H]1O[C@H]1O[C@H](CO)[C@@H](O)[C@H](O)[C@@H]1O. The predicted molar refractivity (Wildman–Crippen MR) is 298 cm³/mol. The molecule has 8 aliphatic heterocycles. The third kappa shape index (κ3) is 16.5. The largest absolute Gasteiger partial charge is 0.394 e. The Morgan fingerprint density at radius 2 is 0.354 bits per heavy atom. The number of hydrogen-bond donors (Lipinski definition) is 19. The topological polar surface area (TPSA) is 587 Å². The standard InChI is InChI=1S/C55H96O41/c1-75-41-27(67)48(74)82-17(9-57)34(41)91-50-29(69)43(77-3)36(19(11-59)85-50)93-52-31(71)45(79-5)38(21(13-61)87-52)95-54-33(73)47(81-7)40(23(15-63)89-54)96-55-32(72)46(80-6)39(22(14-62)88-55)94-53-30(70)44(78-4)37(20(12-60)86-53)92-51-28(68)42(76-2)35(18(10-58)84-51)90-49-26(66)25(65)24(64)16(8-56)83-49/h16-74H,8-15H2,1-7H3/t16-,17-,18-,19-,20-,21-,22-,23-,24-,25+,26+,27+,28+,29+,30+,31+,32+,33+,34-,35-,36-,37-,38-,39-,40-,41-,42-,43-,44-,45-,46-,47-,48?,49-,50-,51-,52-,53-,54-,55-/m1/s1. The summed E-state index contributed by atoms with van der Waals surface area (Å²) in [7, 11) is 8.08. The molecule has 8 saturated heterocycles. The van der Waals surface area contributed by atoms with Crippen molar-refractivity contribution in [3.63, 3.8) is 0 Å². The molecule has 96 heavy (non-hydrogen) atoms. The molecule has 41 nitrogen and oxygen atoms in total. The third-order valence-corrected chi connectivity index (χ3v) is 18.4. The number of methoxy groups -OCH3 is 7. The molecule has 8 aliphatic rings. The van der Waals surface area contributed by atoms with Crippen LogP contribution in [-0.4, -0.2) is 445 Å². The first kappa shape index (κ1) is 80.1. The molecule has 0 amide bonds. The summed E-state index contributed by atoms with van der Waals surface area (Å²) in [5.41, 5.74) is 0. The molecule has 0 spiro atoms. The molecule has 562 valence electrons. The van der Waals surface area contributed by atoms with Gasteiger partial charge in [-0.05, 0) is 0 Å². The van der Waals surface area contributed by atoms with E-state index in [-0.39, 0.29) is 0 Å². The van der Waals surface area contributed by atoms with Gasteiger partial charge in [0.2, 0.25) is 0 Å². The summed E-state index contributed by atoms with van der Waals surface area (Å²) >= 11 is 0. The van der Waals surface area contributed by atoms with Crippen molar-refractivity contribution in [3.05, 3.63) is 0 Å². The molecule has 19 N–H and O–H groups in total. The van der Waals surface area contributed by atoms with E-state index in [0.717, 1.165) is 35.5 Å². The van der Waals surface area contributed by atoms with E-state index >= 15 is 0 Å². The zero-order chi connectivity index (χ0) is 70.3. The number of aliphatic hydroxyl groups is 19. The van der Waals surface area contributed by atoms with E-state index in [4.69, 9.17) is 104 Å². The van der Waals surface area contributed by atoms with Gasteiger partial charge in [-0.15, -0.1) is 0 Å². The summed E-state index contributed by atoms with van der Waals surface area (Å²) in [6.07, 6.45) is -65.2. The van der Waals surface area contributed by atoms with Gasteiger partial charge in [0, 0.05) is 49.8 Å². The highest BCUT2D eigenvalue weighted by atomic mass is 16.8. The van der Waals surface area contributed by atoms with Crippen LogP contribution in [0.4, 0.5) is 0 Å². The number of ether oxygens (including phenoxy) is 22. The molecule has 0 aliphatic carbocycles. The highest BCUT2D eigenvalue weighted by Gasteiger charge is 2.60. The Bertz CT molecular complexity index is 2260. The second-order valence-electron chi connectivity index (χ2n) is 23.8. The molecule has 0 radical (unpaired) electrons. The van der Waals surface area contributed by atoms with Gasteiger partial charge < -0.3 is 201 Å². The quantitative estimate of drug-likeness (QED) is 0.0331. The van der Waals surface area contributed by atoms with E-state index in [1.165, 1.54) is 14.2 Å². The highest BCUT2D eigenvalue weighted by Crippen LogP contribution is 2.40. The van der Waals surface area contributed by atoms with E-state index in [2.05, 4.69) is 0 Å². The molecule has 0 aromatic carbocycles. The van der Waals surface area contributed by atoms with Crippen LogP contribution >= 0.6 is 0 Å². The van der Waals surface area contributed by atoms with Crippen molar-refractivity contribution in [1.82, 2.24) is 0 Å². The Labute approximate surface area is 548 Å². The molecule has 0 bridgehead atoms. The summed E-state index contributed by atoms with van der Waals surface area (Å²) in [5.74, 6) is 0. The lowest BCUT2D eigenvalue weighted by Crippen LogP contribution is -2.69. The van der Waals surface area contributed by atoms with Crippen molar-refractivity contribution >= 4 is 0 Å². The average molecular weight is 1410 g/mol. The van der Waals surface area contributed by atoms with Crippen molar-refractivity contribution in [2.45, 2.75) is 246 Å². The molecular formula is C55H96O41. The fourth-order valence-corrected chi connectivity index (χ4v) is 13.3. The summed E-state index contributed by atoms with van der Waals surface area (Å²) in [4.78, 5) is 0. The molecule has 40 atom stereocenters. The smallest absolute Gasteiger partial charge is 0.187 e. The molecule has 8 fully saturated rings. The van der Waals surface area contributed by atoms with Crippen molar-refractivity contribution in [2.24, 2.45) is 0 Å². The third-order valence-electron chi connectivity index (χ3n) is 18.4. The monoisotopic (exact) mass is 1410 g/mol. The van der Waals surface area contributed by atoms with Gasteiger partial charge in [0.25, 0.3) is 0 Å². The molecule has 8 rings (SSSR count). The van der Waals surface area contributed by atoms with Crippen LogP contribution in [0.2, 0.25) is 0 Å². The van der Waals surface area contributed by atoms with Crippen molar-refractivity contribution in [2.75, 3.05) is 103 Å². The van der Waals surface area contributed by atoms with Crippen LogP contribution in [-0.2, 0) is 104 Å². The van der Waals surface area contributed by atoms with Crippen LogP contribution in [0.25, 0.3) is 0 Å². The van der Waals surface area contributed by atoms with Gasteiger partial charge in [-0.25, -0.2) is 0 Å². The van der Waals surface area contributed by atoms with Crippen LogP contribution in [0.15, 0.2) is 0 Å². The molecule has 0 saturated carbocycles. The van der Waals surface area contributed by atoms with Gasteiger partial charge in [-0.3, -0.25) is 0 Å². The van der Waals surface area contributed by atoms with E-state index in [9.17, 15) is 97.0 Å². The minimum absolute atomic E-state index is 0.736. The second kappa shape index (κ2) is 36.2. The van der Waals surface area contributed by atoms with Crippen molar-refractivity contribution < 1.29 is 201 Å². The lowest BCUT2D eigenvalue weighted by atomic mass is 9.94. The van der Waals surface area contributed by atoms with Crippen LogP contribution in [0, 0.1) is 0 Å². The molecule has 8 heterocycles. The van der Waals surface area contributed by atoms with Gasteiger partial charge in [0.15, 0.2) is 50.3 Å². The van der Waals surface area contributed by atoms with Crippen molar-refractivity contribution in [1.29, 1.82) is 0 Å². The fourth-order valence-electron chi connectivity index (χ4n) is 13.3. The first-order valence-electron chi connectivity index (χ1n) is 30.9. The first-order valence-corrected chi connectivity index (χ1v) is 30.9. The minimum Gasteiger partial charge on any atom is -0.394 e. The Hall–Kier alpha value is -1.64. The zero-order valence-corrected chi connectivity index (χ0v) is 53.2. The lowest BCUT2D eigenvalue weighted by molar-refractivity contribution is -0.401. The Balaban J connectivity index is 0.901. The van der Waals surface area contributed by atoms with Gasteiger partial charge in [0.1, 0.15) is 195 Å². The van der Waals surface area contributed by atoms with Gasteiger partial charge in [-0.1, -0.05) is 0 Å². The van der Waals surface area contributed by atoms with Gasteiger partial charge in [0.05, 0.1) is 52.9 Å². The van der Waals surface area contributed by atoms with Gasteiger partial charge in [-0.2, -0.15) is 0 Å². The Morgan fingerprint density at radius 1 is 0.188 bits per heavy atom. The maximum atomic E-state index is 11.9. The summed E-state index contributed by atoms with van der Waals surface area (Å²) in [5, 5.41) is 206. The molecule has 41 heteroatoms. The van der Waals surface area contributed by atoms with Crippen LogP contribution in [0.3, 0.4) is 0 Å². The summed E-state index contributed by atoms with van der Waals surface area (Å²) < 4.78 is 128. The zero-order valence-electron chi connectivity index (χ0n) is 53.2. The van der Waals surface area contributed by atoms with Crippen LogP contribution in [0.5, 0.6) is 0 Å². The molecular weight excluding hydrogens is 1320 g/mol. The van der Waals surface area contributed by atoms with E-state index < -0.39 is 299 Å². The number of hydrogen-bond acceptors (Lipinski definition) is 41. The Morgan fingerprint density at radius 3 is 0.542 bits per heavy atom. The molecule has 0 aromatic heterocycles. The van der Waals surface area contributed by atoms with Crippen LogP contribution in [0.1, 0.15) is 0 Å². The van der Waals surface area contributed by atoms with E-state index in [0.29, 0.717) is 0 Å². The Kier molecular flexibility index (Phi) is 30.2. The minimum atomic E-state index is -1.90. The number of aliphatic hydroxyl groups excluding tert-OH is 19. The maximum absolute atomic E-state index is 11.9. The molecule has 0 aromatic rings. The second-order valence-corrected chi connectivity index (χ2v) is 23.8. The maximum Gasteiger partial charge on any atom is 0.187 e. The normalized spacial score (nSPS) is 50.6. The number of rotatable bonds is 29. The van der Waals surface area contributed by atoms with E-state index in [1.54, 1.807) is 0 Å². The highest BCUT2D eigenvalue weighted by molar-refractivity contribution is 5.03. The van der Waals surface area contributed by atoms with Crippen molar-refractivity contribution in [3.8, 4) is 0 Å². The van der Waals surface area contributed by atoms with E-state index in [1.807, 2.05) is 0 Å².